The fourth-order valence-electron chi connectivity index (χ4n) is 16.5. The highest BCUT2D eigenvalue weighted by atomic mass is 32.7. The first kappa shape index (κ1) is 111. The molecule has 794 valence electrons. The molecule has 16 rings (SSSR count). The van der Waals surface area contributed by atoms with Crippen molar-refractivity contribution in [3.8, 4) is 0 Å². The lowest BCUT2D eigenvalue weighted by Gasteiger charge is -2.36. The maximum atomic E-state index is 15.0. The van der Waals surface area contributed by atoms with Crippen LogP contribution in [-0.4, -0.2) is 219 Å². The van der Waals surface area contributed by atoms with Crippen molar-refractivity contribution >= 4 is 170 Å². The summed E-state index contributed by atoms with van der Waals surface area (Å²) in [4.78, 5) is 263. The molecule has 7 saturated heterocycles. The van der Waals surface area contributed by atoms with E-state index in [2.05, 4.69) is 54.8 Å². The minimum Gasteiger partial charge on any atom is -0.780 e. The van der Waals surface area contributed by atoms with Crippen LogP contribution in [-0.2, 0) is 184 Å². The topological polar surface area (TPSA) is 809 Å². The largest absolute Gasteiger partial charge is 0.780 e. The van der Waals surface area contributed by atoms with Gasteiger partial charge in [-0.05, 0) is 41.5 Å². The second-order valence-electron chi connectivity index (χ2n) is 33.8. The summed E-state index contributed by atoms with van der Waals surface area (Å²) in [5.74, 6) is -0.758. The fourth-order valence-corrected chi connectivity index (χ4v) is 26.3. The van der Waals surface area contributed by atoms with Crippen LogP contribution in [0.3, 0.4) is 0 Å². The van der Waals surface area contributed by atoms with E-state index in [0.29, 0.717) is 5.56 Å². The molecule has 28 atom stereocenters. The van der Waals surface area contributed by atoms with E-state index in [9.17, 15) is 76.9 Å². The lowest BCUT2D eigenvalue weighted by atomic mass is 10.2. The van der Waals surface area contributed by atoms with Crippen molar-refractivity contribution in [2.75, 3.05) is 64.0 Å². The van der Waals surface area contributed by atoms with Gasteiger partial charge in [-0.1, -0.05) is 70.8 Å². The molecule has 0 saturated carbocycles. The Morgan fingerprint density at radius 1 is 0.359 bits per heavy atom. The molecule has 7 unspecified atom stereocenters. The van der Waals surface area contributed by atoms with Crippen molar-refractivity contribution in [1.29, 1.82) is 0 Å². The van der Waals surface area contributed by atoms with E-state index in [0.717, 1.165) is 56.6 Å². The average Bonchev–Trinajstić information content (AvgIpc) is 1.64. The normalized spacial score (nSPS) is 29.5. The van der Waals surface area contributed by atoms with Crippen LogP contribution < -0.4 is 108 Å². The summed E-state index contributed by atoms with van der Waals surface area (Å²) < 4.78 is 147. The summed E-state index contributed by atoms with van der Waals surface area (Å²) in [5, 5.41) is 0. The van der Waals surface area contributed by atoms with Gasteiger partial charge in [0.25, 0.3) is 33.4 Å². The first-order valence-corrected chi connectivity index (χ1v) is 61.0. The monoisotopic (exact) mass is 2300 g/mol. The smallest absolute Gasteiger partial charge is 0.351 e. The molecule has 9 aromatic heterocycles. The summed E-state index contributed by atoms with van der Waals surface area (Å²) in [7, 11) is 1.00. The second-order valence-corrected chi connectivity index (χ2v) is 52.8. The Bertz CT molecular complexity index is 7570. The number of hydrogen-bond donors (Lipinski definition) is 9. The van der Waals surface area contributed by atoms with Crippen LogP contribution in [0.2, 0.25) is 0 Å². The SMILES string of the molecule is COP([O-])(=S)O[C@@H]1C[C@H](n2cc(C)c(=O)[nH]c2=O)O[C@@H]1COP([O-])(=S)O[C@@H]1C[C@H](n2cc(C)c(=O)[nH]c2=O)O[C@@H]1COP([O-])(=S)O[C@@H]1C[C@H](n2cc(C)c(=O)[nH]c2=O)O[C@@H]1COP([O-])(=S)O[C@@H]1C[C@H](n2cnc3c(=O)[nH]c(N)nc32)O[C@@H]1COP([O-])(=S)O[C@@H]1C[C@H](n2cnc3c(=O)[nH]c(N)nc32)O[C@@H]1COP(=O)([S-])O[C@@H]1C[C@H](n2cc(C)c(=O)[nH]c2=O)O[C@@H]1COP([O-])(=S)O[C@@H]1C[C@H](n2cc(C)c(N)nc2=O)O[C@@H]1C. The van der Waals surface area contributed by atoms with Crippen molar-refractivity contribution in [3.63, 3.8) is 0 Å². The third-order valence-corrected chi connectivity index (χ3v) is 34.8. The van der Waals surface area contributed by atoms with E-state index in [-0.39, 0.29) is 75.1 Å². The summed E-state index contributed by atoms with van der Waals surface area (Å²) >= 11 is 37.7. The van der Waals surface area contributed by atoms with Crippen molar-refractivity contribution < 1.29 is 130 Å². The predicted molar refractivity (Wildman–Crippen MR) is 510 cm³/mol. The third-order valence-electron chi connectivity index (χ3n) is 23.7. The number of aromatic nitrogens is 18. The zero-order valence-corrected chi connectivity index (χ0v) is 87.8. The van der Waals surface area contributed by atoms with Gasteiger partial charge in [-0.2, -0.15) is 15.0 Å². The highest BCUT2D eigenvalue weighted by Crippen LogP contribution is 2.57. The molecule has 60 nitrogen and oxygen atoms in total. The number of ether oxygens (including phenoxy) is 7. The number of imidazole rings is 2. The van der Waals surface area contributed by atoms with Gasteiger partial charge in [0, 0.05) is 111 Å². The van der Waals surface area contributed by atoms with Gasteiger partial charge in [0.05, 0.1) is 101 Å². The highest BCUT2D eigenvalue weighted by Gasteiger charge is 2.49. The van der Waals surface area contributed by atoms with Crippen LogP contribution in [0.25, 0.3) is 22.3 Å². The van der Waals surface area contributed by atoms with Gasteiger partial charge >= 0.3 is 28.4 Å². The molecule has 0 spiro atoms. The van der Waals surface area contributed by atoms with Crippen LogP contribution in [0, 0.1) is 34.6 Å². The first-order chi connectivity index (χ1) is 68.0. The van der Waals surface area contributed by atoms with Crippen LogP contribution in [0.4, 0.5) is 17.7 Å². The standard InChI is InChI=1S/C71H94N21O39P7S7/c1-28-15-86(67(99)77-56(28)72)47-8-34(33(6)118-47)125-133(105,140)112-21-42-36(10-49(120-42)88-17-30(3)60(94)83-69(88)101)127-136(108,143)116-24-45-40(14-53(123-45)92-27-76-55-58(92)79-66(74)81-64(55)98)131-138(110,145)117-25-46-39(13-52(124-46)91-26-75-54-57(91)78-65(73)80-63(54)97)130-137(109,144)115-23-44-38(12-51(122-44)90-19-32(5)62(96)85-71(90)103)129-135(107,142)114-22-43-37(11-50(121-43)89-18-31(4)61(95)84-70(89)102)128-134(106,141)113-20-41-35(126-132(104,139)111-7)9-48(119-41)87-16-29(2)59(93)82-68(87)100/h15-19,26-27,33-53H,8-14,20-25H2,1-7H3,(H,104,139)(H,105,140)(H,106,141)(H,107,142)(H,108,143)(H,109,144)(H,110,145)(H2,72,77,99)(H,82,93,100)(H,83,94,101)(H,84,95,102)(H,85,96,103)(H3,73,78,80,97)(H3,74,79,81,98)/p-7/t33-,34-,35-,36-,37-,38-,39-,40-,41-,42-,43-,44-,45-,46-,47-,48-,49-,50-,51-,52-,53-,132?,133?,134?,135?,136?,137?,138?/m1/s1. The molecule has 7 fully saturated rings. The summed E-state index contributed by atoms with van der Waals surface area (Å²) in [6, 6.07) is 0. The Morgan fingerprint density at radius 3 is 0.917 bits per heavy atom. The average molecular weight is 2300 g/mol. The maximum Gasteiger partial charge on any atom is 0.351 e. The molecule has 0 radical (unpaired) electrons. The number of aryl methyl sites for hydroxylation is 5. The molecule has 9 aromatic rings. The van der Waals surface area contributed by atoms with Crippen molar-refractivity contribution in [2.24, 2.45) is 0 Å². The molecule has 145 heavy (non-hydrogen) atoms. The number of rotatable bonds is 40. The Balaban J connectivity index is 0.616. The number of fused-ring (bicyclic) bond motifs is 2. The van der Waals surface area contributed by atoms with Gasteiger partial charge in [-0.25, -0.2) is 33.9 Å². The molecule has 7 aliphatic rings. The Morgan fingerprint density at radius 2 is 0.614 bits per heavy atom. The molecule has 74 heteroatoms. The zero-order chi connectivity index (χ0) is 105. The number of nitrogens with zero attached hydrogens (tertiary/aromatic N) is 12. The van der Waals surface area contributed by atoms with E-state index >= 15 is 9.79 Å². The van der Waals surface area contributed by atoms with Crippen LogP contribution in [0.1, 0.15) is 123 Å². The number of nitrogens with one attached hydrogen (secondary N) is 6. The zero-order valence-electron chi connectivity index (χ0n) is 75.9. The van der Waals surface area contributed by atoms with Gasteiger partial charge in [0.15, 0.2) is 29.1 Å². The highest BCUT2D eigenvalue weighted by molar-refractivity contribution is 8.32. The predicted octanol–water partition coefficient (Wildman–Crippen LogP) is -4.36. The lowest BCUT2D eigenvalue weighted by Crippen LogP contribution is -2.35. The Labute approximate surface area is 847 Å². The minimum atomic E-state index is -5.10. The quantitative estimate of drug-likeness (QED) is 0.0129. The Hall–Kier alpha value is -6.90. The molecule has 0 aromatic carbocycles. The van der Waals surface area contributed by atoms with E-state index in [1.54, 1.807) is 13.8 Å². The lowest BCUT2D eigenvalue weighted by molar-refractivity contribution is -0.221. The van der Waals surface area contributed by atoms with E-state index in [4.69, 9.17) is 197 Å². The van der Waals surface area contributed by atoms with Crippen molar-refractivity contribution in [2.45, 2.75) is 216 Å². The van der Waals surface area contributed by atoms with Crippen molar-refractivity contribution in [1.82, 2.24) is 86.8 Å². The molecule has 0 bridgehead atoms. The van der Waals surface area contributed by atoms with Crippen molar-refractivity contribution in [3.05, 3.63) is 186 Å². The van der Waals surface area contributed by atoms with Crippen LogP contribution >= 0.6 is 47.1 Å². The molecule has 16 heterocycles. The number of nitrogens with two attached hydrogens (primary N) is 3. The number of anilines is 3. The van der Waals surface area contributed by atoms with Gasteiger partial charge in [0.1, 0.15) is 126 Å². The Kier molecular flexibility index (Phi) is 33.6. The summed E-state index contributed by atoms with van der Waals surface area (Å²) in [5.41, 5.74) is 8.27. The molecule has 7 aliphatic heterocycles. The van der Waals surface area contributed by atoms with E-state index in [1.165, 1.54) is 53.8 Å². The van der Waals surface area contributed by atoms with Gasteiger partial charge < -0.3 is 155 Å². The minimum absolute atomic E-state index is 0.0101. The molecule has 12 N–H and O–H groups in total. The first-order valence-electron chi connectivity index (χ1n) is 43.1. The second kappa shape index (κ2) is 44.1. The molecule has 0 amide bonds. The number of nitrogen functional groups attached to an aromatic ring is 3. The van der Waals surface area contributed by atoms with E-state index in [1.807, 2.05) is 0 Å². The summed E-state index contributed by atoms with van der Waals surface area (Å²) in [6.45, 7) is -30.7. The fraction of sp³-hybridized carbons (Fsp3) is 0.577. The number of H-pyrrole nitrogens is 6. The van der Waals surface area contributed by atoms with Crippen LogP contribution in [0.15, 0.2) is 96.4 Å². The molecule has 0 aliphatic carbocycles. The van der Waals surface area contributed by atoms with Gasteiger partial charge in [-0.3, -0.25) is 95.2 Å². The van der Waals surface area contributed by atoms with Gasteiger partial charge in [-0.15, -0.1) is 0 Å². The number of hydrogen-bond acceptors (Lipinski definition) is 54. The molecular weight excluding hydrogens is 2210 g/mol. The molecular formula is C71H87N21O39P7S7-7. The van der Waals surface area contributed by atoms with Gasteiger partial charge in [0.2, 0.25) is 11.9 Å². The van der Waals surface area contributed by atoms with E-state index < -0.39 is 310 Å². The third kappa shape index (κ3) is 26.2. The summed E-state index contributed by atoms with van der Waals surface area (Å²) in [6.07, 6.45) is -24.2. The van der Waals surface area contributed by atoms with Crippen LogP contribution in [0.5, 0.6) is 0 Å². The maximum absolute atomic E-state index is 15.0. The number of aromatic amines is 6.